The number of amides is 1. The van der Waals surface area contributed by atoms with Gasteiger partial charge in [-0.25, -0.2) is 0 Å². The number of hydrogen-bond acceptors (Lipinski definition) is 4. The van der Waals surface area contributed by atoms with Crippen LogP contribution in [0.4, 0.5) is 0 Å². The Kier molecular flexibility index (Phi) is 6.58. The Labute approximate surface area is 137 Å². The van der Waals surface area contributed by atoms with E-state index in [2.05, 4.69) is 48.0 Å². The predicted octanol–water partition coefficient (Wildman–Crippen LogP) is 2.53. The van der Waals surface area contributed by atoms with Crippen molar-refractivity contribution in [3.63, 3.8) is 0 Å². The second-order valence-corrected chi connectivity index (χ2v) is 7.16. The molecule has 1 aromatic rings. The van der Waals surface area contributed by atoms with Crippen molar-refractivity contribution in [1.82, 2.24) is 10.2 Å². The summed E-state index contributed by atoms with van der Waals surface area (Å²) >= 11 is 2.06. The second kappa shape index (κ2) is 8.44. The summed E-state index contributed by atoms with van der Waals surface area (Å²) in [4.78, 5) is 13.9. The van der Waals surface area contributed by atoms with Crippen LogP contribution in [0.25, 0.3) is 0 Å². The third kappa shape index (κ3) is 4.92. The lowest BCUT2D eigenvalue weighted by atomic mass is 10.1. The molecule has 1 aliphatic rings. The average molecular weight is 322 g/mol. The SMILES string of the molecule is CCNC(=O)COc1ccc(CN2CCS[C@@H](C)[C@H]2C)cc1. The summed E-state index contributed by atoms with van der Waals surface area (Å²) in [7, 11) is 0. The van der Waals surface area contributed by atoms with E-state index in [9.17, 15) is 4.79 Å². The Morgan fingerprint density at radius 2 is 2.09 bits per heavy atom. The molecule has 1 aliphatic heterocycles. The van der Waals surface area contributed by atoms with Crippen molar-refractivity contribution in [2.75, 3.05) is 25.4 Å². The van der Waals surface area contributed by atoms with Crippen LogP contribution in [0, 0.1) is 0 Å². The van der Waals surface area contributed by atoms with Crippen LogP contribution in [-0.2, 0) is 11.3 Å². The Balaban J connectivity index is 1.85. The van der Waals surface area contributed by atoms with Crippen LogP contribution >= 0.6 is 11.8 Å². The van der Waals surface area contributed by atoms with Gasteiger partial charge in [0.1, 0.15) is 5.75 Å². The van der Waals surface area contributed by atoms with Crippen LogP contribution in [0.2, 0.25) is 0 Å². The number of carbonyl (C=O) groups is 1. The highest BCUT2D eigenvalue weighted by molar-refractivity contribution is 8.00. The highest BCUT2D eigenvalue weighted by Crippen LogP contribution is 2.25. The highest BCUT2D eigenvalue weighted by atomic mass is 32.2. The van der Waals surface area contributed by atoms with Crippen molar-refractivity contribution in [2.45, 2.75) is 38.6 Å². The van der Waals surface area contributed by atoms with Gasteiger partial charge in [0.25, 0.3) is 5.91 Å². The van der Waals surface area contributed by atoms with Gasteiger partial charge in [0.15, 0.2) is 6.61 Å². The quantitative estimate of drug-likeness (QED) is 0.874. The molecule has 1 amide bonds. The van der Waals surface area contributed by atoms with Crippen LogP contribution in [-0.4, -0.2) is 47.5 Å². The van der Waals surface area contributed by atoms with Crippen molar-refractivity contribution in [1.29, 1.82) is 0 Å². The van der Waals surface area contributed by atoms with Gasteiger partial charge >= 0.3 is 0 Å². The Bertz CT molecular complexity index is 478. The number of ether oxygens (including phenoxy) is 1. The maximum absolute atomic E-state index is 11.4. The van der Waals surface area contributed by atoms with Gasteiger partial charge in [-0.05, 0) is 31.5 Å². The van der Waals surface area contributed by atoms with Crippen molar-refractivity contribution in [2.24, 2.45) is 0 Å². The third-order valence-corrected chi connectivity index (χ3v) is 5.41. The van der Waals surface area contributed by atoms with Gasteiger partial charge < -0.3 is 10.1 Å². The molecule has 5 heteroatoms. The Hall–Kier alpha value is -1.20. The molecule has 0 bridgehead atoms. The number of nitrogens with one attached hydrogen (secondary N) is 1. The monoisotopic (exact) mass is 322 g/mol. The number of benzene rings is 1. The van der Waals surface area contributed by atoms with Gasteiger partial charge in [-0.2, -0.15) is 11.8 Å². The summed E-state index contributed by atoms with van der Waals surface area (Å²) in [5, 5.41) is 3.41. The van der Waals surface area contributed by atoms with Crippen LogP contribution in [0.5, 0.6) is 5.75 Å². The lowest BCUT2D eigenvalue weighted by molar-refractivity contribution is -0.122. The summed E-state index contributed by atoms with van der Waals surface area (Å²) < 4.78 is 5.47. The highest BCUT2D eigenvalue weighted by Gasteiger charge is 2.24. The second-order valence-electron chi connectivity index (χ2n) is 5.67. The van der Waals surface area contributed by atoms with Gasteiger partial charge in [-0.1, -0.05) is 19.1 Å². The maximum Gasteiger partial charge on any atom is 0.257 e. The Morgan fingerprint density at radius 1 is 1.36 bits per heavy atom. The fourth-order valence-corrected chi connectivity index (χ4v) is 3.70. The van der Waals surface area contributed by atoms with E-state index in [1.807, 2.05) is 19.1 Å². The largest absolute Gasteiger partial charge is 0.484 e. The minimum Gasteiger partial charge on any atom is -0.484 e. The molecule has 1 saturated heterocycles. The minimum atomic E-state index is -0.0831. The molecule has 0 spiro atoms. The van der Waals surface area contributed by atoms with E-state index in [0.29, 0.717) is 17.8 Å². The number of carbonyl (C=O) groups excluding carboxylic acids is 1. The number of rotatable bonds is 6. The van der Waals surface area contributed by atoms with Crippen molar-refractivity contribution in [3.05, 3.63) is 29.8 Å². The van der Waals surface area contributed by atoms with Gasteiger partial charge in [0, 0.05) is 36.7 Å². The summed E-state index contributed by atoms with van der Waals surface area (Å²) in [6.07, 6.45) is 0. The number of thioether (sulfide) groups is 1. The maximum atomic E-state index is 11.4. The van der Waals surface area contributed by atoms with E-state index in [4.69, 9.17) is 4.74 Å². The molecule has 2 atom stereocenters. The average Bonchev–Trinajstić information content (AvgIpc) is 2.51. The van der Waals surface area contributed by atoms with E-state index in [0.717, 1.165) is 18.8 Å². The lowest BCUT2D eigenvalue weighted by Crippen LogP contribution is -2.43. The van der Waals surface area contributed by atoms with Crippen molar-refractivity contribution in [3.8, 4) is 5.75 Å². The van der Waals surface area contributed by atoms with E-state index >= 15 is 0 Å². The molecular formula is C17H26N2O2S. The molecule has 1 fully saturated rings. The first kappa shape index (κ1) is 17.2. The summed E-state index contributed by atoms with van der Waals surface area (Å²) in [5.74, 6) is 1.87. The van der Waals surface area contributed by atoms with Crippen LogP contribution in [0.1, 0.15) is 26.3 Å². The number of likely N-dealkylation sites (N-methyl/N-ethyl adjacent to an activating group) is 1. The molecule has 1 aromatic carbocycles. The zero-order chi connectivity index (χ0) is 15.9. The molecule has 1 heterocycles. The molecule has 22 heavy (non-hydrogen) atoms. The smallest absolute Gasteiger partial charge is 0.257 e. The first-order valence-corrected chi connectivity index (χ1v) is 8.99. The minimum absolute atomic E-state index is 0.0745. The topological polar surface area (TPSA) is 41.6 Å². The van der Waals surface area contributed by atoms with Gasteiger partial charge in [-0.15, -0.1) is 0 Å². The molecule has 122 valence electrons. The molecule has 0 unspecified atom stereocenters. The van der Waals surface area contributed by atoms with Crippen LogP contribution < -0.4 is 10.1 Å². The summed E-state index contributed by atoms with van der Waals surface area (Å²) in [6.45, 7) is 9.33. The van der Waals surface area contributed by atoms with Crippen LogP contribution in [0.3, 0.4) is 0 Å². The molecule has 4 nitrogen and oxygen atoms in total. The predicted molar refractivity (Wildman–Crippen MR) is 92.4 cm³/mol. The standard InChI is InChI=1S/C17H26N2O2S/c1-4-18-17(20)12-21-16-7-5-15(6-8-16)11-19-9-10-22-14(3)13(19)2/h5-8,13-14H,4,9-12H2,1-3H3,(H,18,20)/t13-,14+/m1/s1. The first-order valence-electron chi connectivity index (χ1n) is 7.94. The van der Waals surface area contributed by atoms with Crippen molar-refractivity contribution < 1.29 is 9.53 Å². The summed E-state index contributed by atoms with van der Waals surface area (Å²) in [6, 6.07) is 8.67. The third-order valence-electron chi connectivity index (χ3n) is 4.07. The first-order chi connectivity index (χ1) is 10.6. The Morgan fingerprint density at radius 3 is 2.77 bits per heavy atom. The molecule has 2 rings (SSSR count). The van der Waals surface area contributed by atoms with E-state index in [-0.39, 0.29) is 12.5 Å². The van der Waals surface area contributed by atoms with Crippen molar-refractivity contribution >= 4 is 17.7 Å². The van der Waals surface area contributed by atoms with E-state index in [1.165, 1.54) is 11.3 Å². The lowest BCUT2D eigenvalue weighted by Gasteiger charge is -2.37. The van der Waals surface area contributed by atoms with E-state index in [1.54, 1.807) is 0 Å². The van der Waals surface area contributed by atoms with Gasteiger partial charge in [0.05, 0.1) is 0 Å². The number of nitrogens with zero attached hydrogens (tertiary/aromatic N) is 1. The van der Waals surface area contributed by atoms with Gasteiger partial charge in [0.2, 0.25) is 0 Å². The van der Waals surface area contributed by atoms with E-state index < -0.39 is 0 Å². The molecule has 0 aromatic heterocycles. The zero-order valence-electron chi connectivity index (χ0n) is 13.7. The number of hydrogen-bond donors (Lipinski definition) is 1. The van der Waals surface area contributed by atoms with Gasteiger partial charge in [-0.3, -0.25) is 9.69 Å². The van der Waals surface area contributed by atoms with Crippen LogP contribution in [0.15, 0.2) is 24.3 Å². The fraction of sp³-hybridized carbons (Fsp3) is 0.588. The molecule has 0 aliphatic carbocycles. The summed E-state index contributed by atoms with van der Waals surface area (Å²) in [5.41, 5.74) is 1.29. The fourth-order valence-electron chi connectivity index (χ4n) is 2.54. The normalized spacial score (nSPS) is 22.3. The zero-order valence-corrected chi connectivity index (χ0v) is 14.5. The molecule has 0 radical (unpaired) electrons. The molecular weight excluding hydrogens is 296 g/mol. The molecule has 0 saturated carbocycles. The molecule has 1 N–H and O–H groups in total.